The lowest BCUT2D eigenvalue weighted by Crippen LogP contribution is -2.50. The molecule has 0 bridgehead atoms. The van der Waals surface area contributed by atoms with Crippen molar-refractivity contribution in [2.75, 3.05) is 26.2 Å². The van der Waals surface area contributed by atoms with Crippen LogP contribution in [0.15, 0.2) is 70.0 Å². The molecular formula is C23H23N3O4S. The van der Waals surface area contributed by atoms with Crippen molar-refractivity contribution in [1.29, 1.82) is 0 Å². The van der Waals surface area contributed by atoms with Gasteiger partial charge in [-0.15, -0.1) is 0 Å². The van der Waals surface area contributed by atoms with E-state index in [1.165, 1.54) is 4.31 Å². The predicted octanol–water partition coefficient (Wildman–Crippen LogP) is 3.37. The molecule has 2 aromatic carbocycles. The van der Waals surface area contributed by atoms with Crippen molar-refractivity contribution in [3.8, 4) is 11.5 Å². The van der Waals surface area contributed by atoms with Gasteiger partial charge in [-0.25, -0.2) is 13.4 Å². The van der Waals surface area contributed by atoms with Gasteiger partial charge in [-0.05, 0) is 37.1 Å². The summed E-state index contributed by atoms with van der Waals surface area (Å²) >= 11 is 0. The van der Waals surface area contributed by atoms with Crippen LogP contribution in [0.3, 0.4) is 0 Å². The maximum atomic E-state index is 13.3. The molecule has 3 aromatic rings. The normalized spacial score (nSPS) is 17.6. The van der Waals surface area contributed by atoms with Gasteiger partial charge < -0.3 is 9.32 Å². The Hall–Kier alpha value is -2.97. The van der Waals surface area contributed by atoms with Gasteiger partial charge in [-0.3, -0.25) is 4.79 Å². The van der Waals surface area contributed by atoms with Gasteiger partial charge in [-0.1, -0.05) is 36.4 Å². The van der Waals surface area contributed by atoms with E-state index >= 15 is 0 Å². The van der Waals surface area contributed by atoms with Gasteiger partial charge in [0, 0.05) is 37.7 Å². The molecule has 0 atom stereocenters. The lowest BCUT2D eigenvalue weighted by Gasteiger charge is -2.33. The van der Waals surface area contributed by atoms with Crippen LogP contribution in [0.5, 0.6) is 0 Å². The molecule has 7 nitrogen and oxygen atoms in total. The summed E-state index contributed by atoms with van der Waals surface area (Å²) in [5.41, 5.74) is 1.20. The van der Waals surface area contributed by atoms with E-state index in [-0.39, 0.29) is 29.8 Å². The number of nitrogens with zero attached hydrogens (tertiary/aromatic N) is 3. The predicted molar refractivity (Wildman–Crippen MR) is 115 cm³/mol. The third-order valence-electron chi connectivity index (χ3n) is 5.73. The van der Waals surface area contributed by atoms with E-state index in [4.69, 9.17) is 4.42 Å². The summed E-state index contributed by atoms with van der Waals surface area (Å²) in [6.07, 6.45) is 1.99. The van der Waals surface area contributed by atoms with E-state index in [1.54, 1.807) is 35.2 Å². The van der Waals surface area contributed by atoms with E-state index in [1.807, 2.05) is 30.3 Å². The number of oxazole rings is 1. The number of benzene rings is 2. The molecule has 8 heteroatoms. The van der Waals surface area contributed by atoms with Gasteiger partial charge in [-0.2, -0.15) is 4.31 Å². The van der Waals surface area contributed by atoms with Crippen molar-refractivity contribution in [3.63, 3.8) is 0 Å². The van der Waals surface area contributed by atoms with Crippen molar-refractivity contribution in [1.82, 2.24) is 14.2 Å². The highest BCUT2D eigenvalue weighted by molar-refractivity contribution is 7.89. The van der Waals surface area contributed by atoms with Crippen LogP contribution >= 0.6 is 0 Å². The number of piperazine rings is 1. The summed E-state index contributed by atoms with van der Waals surface area (Å²) in [6.45, 7) is 1.15. The number of carbonyl (C=O) groups is 1. The van der Waals surface area contributed by atoms with Gasteiger partial charge >= 0.3 is 0 Å². The zero-order valence-electron chi connectivity index (χ0n) is 17.0. The molecule has 2 heterocycles. The number of sulfonamides is 1. The standard InChI is InChI=1S/C23H23N3O4S/c27-23(20-21(17-11-12-17)30-22(24-20)18-7-3-1-4-8-18)25-13-15-26(16-14-25)31(28,29)19-9-5-2-6-10-19/h1-10,17H,11-16H2. The van der Waals surface area contributed by atoms with Crippen LogP contribution < -0.4 is 0 Å². The Morgan fingerprint density at radius 3 is 2.13 bits per heavy atom. The zero-order valence-corrected chi connectivity index (χ0v) is 17.8. The molecule has 0 unspecified atom stereocenters. The summed E-state index contributed by atoms with van der Waals surface area (Å²) in [6, 6.07) is 17.9. The largest absolute Gasteiger partial charge is 0.440 e. The third kappa shape index (κ3) is 3.88. The van der Waals surface area contributed by atoms with Gasteiger partial charge in [0.25, 0.3) is 5.91 Å². The van der Waals surface area contributed by atoms with E-state index in [0.29, 0.717) is 30.4 Å². The minimum Gasteiger partial charge on any atom is -0.440 e. The summed E-state index contributed by atoms with van der Waals surface area (Å²) < 4.78 is 33.1. The van der Waals surface area contributed by atoms with Gasteiger partial charge in [0.15, 0.2) is 5.69 Å². The molecule has 2 aliphatic rings. The van der Waals surface area contributed by atoms with Crippen LogP contribution in [-0.4, -0.2) is 54.7 Å². The molecule has 0 N–H and O–H groups in total. The van der Waals surface area contributed by atoms with Crippen molar-refractivity contribution >= 4 is 15.9 Å². The van der Waals surface area contributed by atoms with Gasteiger partial charge in [0.2, 0.25) is 15.9 Å². The average Bonchev–Trinajstić information content (AvgIpc) is 3.58. The van der Waals surface area contributed by atoms with Crippen LogP contribution in [-0.2, 0) is 10.0 Å². The van der Waals surface area contributed by atoms with Crippen molar-refractivity contribution < 1.29 is 17.6 Å². The number of carbonyl (C=O) groups excluding carboxylic acids is 1. The highest BCUT2D eigenvalue weighted by Gasteiger charge is 2.37. The Morgan fingerprint density at radius 2 is 1.52 bits per heavy atom. The summed E-state index contributed by atoms with van der Waals surface area (Å²) in [7, 11) is -3.56. The van der Waals surface area contributed by atoms with Crippen LogP contribution in [0.25, 0.3) is 11.5 Å². The Morgan fingerprint density at radius 1 is 0.903 bits per heavy atom. The Balaban J connectivity index is 1.34. The number of hydrogen-bond acceptors (Lipinski definition) is 5. The number of hydrogen-bond donors (Lipinski definition) is 0. The number of aromatic nitrogens is 1. The molecular weight excluding hydrogens is 414 g/mol. The molecule has 1 saturated carbocycles. The molecule has 160 valence electrons. The zero-order chi connectivity index (χ0) is 21.4. The topological polar surface area (TPSA) is 83.7 Å². The summed E-state index contributed by atoms with van der Waals surface area (Å²) in [5, 5.41) is 0. The van der Waals surface area contributed by atoms with Crippen LogP contribution in [0.4, 0.5) is 0 Å². The average molecular weight is 438 g/mol. The molecule has 1 aromatic heterocycles. The fraction of sp³-hybridized carbons (Fsp3) is 0.304. The van der Waals surface area contributed by atoms with E-state index < -0.39 is 10.0 Å². The highest BCUT2D eigenvalue weighted by atomic mass is 32.2. The fourth-order valence-electron chi connectivity index (χ4n) is 3.83. The Labute approximate surface area is 181 Å². The first-order chi connectivity index (χ1) is 15.0. The van der Waals surface area contributed by atoms with Gasteiger partial charge in [0.05, 0.1) is 4.90 Å². The molecule has 0 radical (unpaired) electrons. The number of rotatable bonds is 5. The molecule has 1 saturated heterocycles. The van der Waals surface area contributed by atoms with Crippen LogP contribution in [0, 0.1) is 0 Å². The molecule has 31 heavy (non-hydrogen) atoms. The summed E-state index contributed by atoms with van der Waals surface area (Å²) in [5.74, 6) is 1.16. The maximum absolute atomic E-state index is 13.3. The first-order valence-corrected chi connectivity index (χ1v) is 11.9. The second-order valence-corrected chi connectivity index (χ2v) is 9.82. The second-order valence-electron chi connectivity index (χ2n) is 7.88. The van der Waals surface area contributed by atoms with E-state index in [2.05, 4.69) is 4.98 Å². The van der Waals surface area contributed by atoms with E-state index in [9.17, 15) is 13.2 Å². The lowest BCUT2D eigenvalue weighted by molar-refractivity contribution is 0.0690. The van der Waals surface area contributed by atoms with Gasteiger partial charge in [0.1, 0.15) is 5.76 Å². The monoisotopic (exact) mass is 437 g/mol. The second kappa shape index (κ2) is 7.94. The molecule has 0 spiro atoms. The smallest absolute Gasteiger partial charge is 0.276 e. The Bertz CT molecular complexity index is 1180. The molecule has 1 amide bonds. The minimum atomic E-state index is -3.56. The van der Waals surface area contributed by atoms with Crippen molar-refractivity contribution in [2.24, 2.45) is 0 Å². The van der Waals surface area contributed by atoms with Crippen LogP contribution in [0.2, 0.25) is 0 Å². The van der Waals surface area contributed by atoms with Crippen molar-refractivity contribution in [2.45, 2.75) is 23.7 Å². The first kappa shape index (κ1) is 20.0. The minimum absolute atomic E-state index is 0.190. The summed E-state index contributed by atoms with van der Waals surface area (Å²) in [4.78, 5) is 19.8. The van der Waals surface area contributed by atoms with Crippen LogP contribution in [0.1, 0.15) is 35.0 Å². The molecule has 2 fully saturated rings. The van der Waals surface area contributed by atoms with E-state index in [0.717, 1.165) is 18.4 Å². The molecule has 1 aliphatic heterocycles. The lowest BCUT2D eigenvalue weighted by atomic mass is 10.2. The van der Waals surface area contributed by atoms with Crippen molar-refractivity contribution in [3.05, 3.63) is 72.1 Å². The maximum Gasteiger partial charge on any atom is 0.276 e. The SMILES string of the molecule is O=C(c1nc(-c2ccccc2)oc1C1CC1)N1CCN(S(=O)(=O)c2ccccc2)CC1. The third-order valence-corrected chi connectivity index (χ3v) is 7.64. The number of amides is 1. The molecule has 1 aliphatic carbocycles. The first-order valence-electron chi connectivity index (χ1n) is 10.4. The molecule has 5 rings (SSSR count). The fourth-order valence-corrected chi connectivity index (χ4v) is 5.28. The highest BCUT2D eigenvalue weighted by Crippen LogP contribution is 2.43. The Kier molecular flexibility index (Phi) is 5.11. The quantitative estimate of drug-likeness (QED) is 0.611.